The predicted octanol–water partition coefficient (Wildman–Crippen LogP) is 3.24. The number of aromatic hydroxyl groups is 1. The molecular formula is C17H17F2NO2. The number of rotatable bonds is 3. The average molecular weight is 305 g/mol. The number of halogens is 2. The smallest absolute Gasteiger partial charge is 0.160 e. The third-order valence-corrected chi connectivity index (χ3v) is 3.92. The van der Waals surface area contributed by atoms with Crippen molar-refractivity contribution in [1.29, 1.82) is 0 Å². The summed E-state index contributed by atoms with van der Waals surface area (Å²) in [5.74, 6) is -0.530. The molecule has 0 radical (unpaired) electrons. The van der Waals surface area contributed by atoms with Gasteiger partial charge in [0.15, 0.2) is 11.5 Å². The summed E-state index contributed by atoms with van der Waals surface area (Å²) in [6.07, 6.45) is 0.782. The van der Waals surface area contributed by atoms with Crippen molar-refractivity contribution in [1.82, 2.24) is 4.90 Å². The van der Waals surface area contributed by atoms with Crippen molar-refractivity contribution in [2.24, 2.45) is 0 Å². The molecule has 0 spiro atoms. The fraction of sp³-hybridized carbons (Fsp3) is 0.294. The quantitative estimate of drug-likeness (QED) is 0.945. The summed E-state index contributed by atoms with van der Waals surface area (Å²) in [7, 11) is 1.51. The summed E-state index contributed by atoms with van der Waals surface area (Å²) >= 11 is 0. The van der Waals surface area contributed by atoms with Gasteiger partial charge in [0, 0.05) is 25.7 Å². The third kappa shape index (κ3) is 3.04. The van der Waals surface area contributed by atoms with Crippen LogP contribution >= 0.6 is 0 Å². The van der Waals surface area contributed by atoms with Crippen molar-refractivity contribution in [3.63, 3.8) is 0 Å². The van der Waals surface area contributed by atoms with E-state index < -0.39 is 11.6 Å². The van der Waals surface area contributed by atoms with Crippen LogP contribution in [0.1, 0.15) is 16.7 Å². The van der Waals surface area contributed by atoms with Crippen LogP contribution in [0.25, 0.3) is 0 Å². The normalized spacial score (nSPS) is 14.7. The number of phenols is 1. The first-order valence-electron chi connectivity index (χ1n) is 7.11. The fourth-order valence-corrected chi connectivity index (χ4v) is 2.89. The van der Waals surface area contributed by atoms with Crippen molar-refractivity contribution < 1.29 is 18.6 Å². The summed E-state index contributed by atoms with van der Waals surface area (Å²) < 4.78 is 31.7. The topological polar surface area (TPSA) is 32.7 Å². The summed E-state index contributed by atoms with van der Waals surface area (Å²) in [4.78, 5) is 2.12. The van der Waals surface area contributed by atoms with E-state index in [2.05, 4.69) is 4.90 Å². The minimum Gasteiger partial charge on any atom is -0.504 e. The van der Waals surface area contributed by atoms with Crippen molar-refractivity contribution in [3.8, 4) is 11.5 Å². The summed E-state index contributed by atoms with van der Waals surface area (Å²) in [6.45, 7) is 1.91. The van der Waals surface area contributed by atoms with Gasteiger partial charge in [0.25, 0.3) is 0 Å². The molecule has 5 heteroatoms. The molecule has 0 amide bonds. The molecule has 0 saturated heterocycles. The second kappa shape index (κ2) is 5.93. The van der Waals surface area contributed by atoms with Crippen LogP contribution in [0.3, 0.4) is 0 Å². The molecule has 0 fully saturated rings. The molecule has 1 aliphatic heterocycles. The second-order valence-corrected chi connectivity index (χ2v) is 5.53. The minimum atomic E-state index is -0.556. The molecule has 1 aliphatic rings. The second-order valence-electron chi connectivity index (χ2n) is 5.53. The highest BCUT2D eigenvalue weighted by molar-refractivity contribution is 5.47. The maximum atomic E-state index is 13.3. The van der Waals surface area contributed by atoms with Crippen LogP contribution in [-0.4, -0.2) is 23.7 Å². The molecule has 3 nitrogen and oxygen atoms in total. The number of hydrogen-bond acceptors (Lipinski definition) is 3. The molecule has 0 aliphatic carbocycles. The average Bonchev–Trinajstić information content (AvgIpc) is 2.45. The van der Waals surface area contributed by atoms with Gasteiger partial charge >= 0.3 is 0 Å². The van der Waals surface area contributed by atoms with Crippen LogP contribution in [-0.2, 0) is 19.5 Å². The number of nitrogens with zero attached hydrogens (tertiary/aromatic N) is 1. The molecule has 2 aromatic carbocycles. The van der Waals surface area contributed by atoms with Crippen LogP contribution in [0, 0.1) is 11.6 Å². The van der Waals surface area contributed by atoms with Gasteiger partial charge in [-0.3, -0.25) is 4.90 Å². The monoisotopic (exact) mass is 305 g/mol. The van der Waals surface area contributed by atoms with Gasteiger partial charge in [-0.25, -0.2) is 8.78 Å². The van der Waals surface area contributed by atoms with Gasteiger partial charge in [-0.05, 0) is 47.4 Å². The molecular weight excluding hydrogens is 288 g/mol. The van der Waals surface area contributed by atoms with Crippen LogP contribution < -0.4 is 4.74 Å². The maximum Gasteiger partial charge on any atom is 0.160 e. The van der Waals surface area contributed by atoms with E-state index in [9.17, 15) is 13.9 Å². The van der Waals surface area contributed by atoms with E-state index in [1.54, 1.807) is 6.07 Å². The van der Waals surface area contributed by atoms with Crippen molar-refractivity contribution in [2.45, 2.75) is 19.5 Å². The van der Waals surface area contributed by atoms with E-state index in [0.717, 1.165) is 30.2 Å². The lowest BCUT2D eigenvalue weighted by atomic mass is 9.98. The van der Waals surface area contributed by atoms with E-state index in [0.29, 0.717) is 24.4 Å². The first-order valence-corrected chi connectivity index (χ1v) is 7.11. The summed E-state index contributed by atoms with van der Waals surface area (Å²) in [5, 5.41) is 9.81. The van der Waals surface area contributed by atoms with Gasteiger partial charge in [-0.15, -0.1) is 0 Å². The van der Waals surface area contributed by atoms with Crippen molar-refractivity contribution in [3.05, 3.63) is 58.7 Å². The lowest BCUT2D eigenvalue weighted by molar-refractivity contribution is 0.243. The zero-order valence-electron chi connectivity index (χ0n) is 12.3. The zero-order valence-corrected chi connectivity index (χ0v) is 12.3. The summed E-state index contributed by atoms with van der Waals surface area (Å²) in [6, 6.07) is 7.14. The first-order chi connectivity index (χ1) is 10.5. The van der Waals surface area contributed by atoms with Crippen LogP contribution in [0.2, 0.25) is 0 Å². The van der Waals surface area contributed by atoms with Crippen LogP contribution in [0.15, 0.2) is 30.3 Å². The Morgan fingerprint density at radius 2 is 1.82 bits per heavy atom. The number of benzene rings is 2. The maximum absolute atomic E-state index is 13.3. The van der Waals surface area contributed by atoms with Gasteiger partial charge in [0.05, 0.1) is 7.11 Å². The molecule has 1 heterocycles. The van der Waals surface area contributed by atoms with Crippen molar-refractivity contribution >= 4 is 0 Å². The van der Waals surface area contributed by atoms with Gasteiger partial charge < -0.3 is 9.84 Å². The predicted molar refractivity (Wildman–Crippen MR) is 78.8 cm³/mol. The highest BCUT2D eigenvalue weighted by Gasteiger charge is 2.19. The van der Waals surface area contributed by atoms with Crippen LogP contribution in [0.5, 0.6) is 11.5 Å². The van der Waals surface area contributed by atoms with E-state index in [1.165, 1.54) is 19.2 Å². The molecule has 2 aromatic rings. The van der Waals surface area contributed by atoms with Crippen molar-refractivity contribution in [2.75, 3.05) is 13.7 Å². The Balaban J connectivity index is 1.79. The Morgan fingerprint density at radius 1 is 1.09 bits per heavy atom. The summed E-state index contributed by atoms with van der Waals surface area (Å²) in [5.41, 5.74) is 2.77. The number of phenolic OH excluding ortho intramolecular Hbond substituents is 1. The number of ether oxygens (including phenoxy) is 1. The third-order valence-electron chi connectivity index (χ3n) is 3.92. The molecule has 0 saturated carbocycles. The first kappa shape index (κ1) is 14.8. The Bertz CT molecular complexity index is 683. The highest BCUT2D eigenvalue weighted by Crippen LogP contribution is 2.32. The molecule has 22 heavy (non-hydrogen) atoms. The zero-order chi connectivity index (χ0) is 15.7. The van der Waals surface area contributed by atoms with E-state index in [1.807, 2.05) is 6.07 Å². The van der Waals surface area contributed by atoms with E-state index >= 15 is 0 Å². The molecule has 116 valence electrons. The Labute approximate surface area is 127 Å². The van der Waals surface area contributed by atoms with Gasteiger partial charge in [-0.2, -0.15) is 0 Å². The number of fused-ring (bicyclic) bond motifs is 1. The molecule has 0 bridgehead atoms. The molecule has 0 atom stereocenters. The number of hydrogen-bond donors (Lipinski definition) is 1. The van der Waals surface area contributed by atoms with Gasteiger partial charge in [0.2, 0.25) is 0 Å². The van der Waals surface area contributed by atoms with E-state index in [4.69, 9.17) is 4.74 Å². The molecule has 3 rings (SSSR count). The number of methoxy groups -OCH3 is 1. The van der Waals surface area contributed by atoms with Crippen LogP contribution in [0.4, 0.5) is 8.78 Å². The minimum absolute atomic E-state index is 0.141. The SMILES string of the molecule is COc1cc2c(cc1O)CCN(Cc1cc(F)cc(F)c1)C2. The van der Waals surface area contributed by atoms with E-state index in [-0.39, 0.29) is 5.75 Å². The Kier molecular flexibility index (Phi) is 3.98. The van der Waals surface area contributed by atoms with Gasteiger partial charge in [-0.1, -0.05) is 0 Å². The molecule has 1 N–H and O–H groups in total. The highest BCUT2D eigenvalue weighted by atomic mass is 19.1. The lowest BCUT2D eigenvalue weighted by Gasteiger charge is -2.29. The lowest BCUT2D eigenvalue weighted by Crippen LogP contribution is -2.30. The molecule has 0 unspecified atom stereocenters. The Hall–Kier alpha value is -2.14. The fourth-order valence-electron chi connectivity index (χ4n) is 2.89. The Morgan fingerprint density at radius 3 is 2.50 bits per heavy atom. The standard InChI is InChI=1S/C17H17F2NO2/c1-22-17-7-13-10-20(3-2-12(13)6-16(17)21)9-11-4-14(18)8-15(19)5-11/h4-8,21H,2-3,9-10H2,1H3. The van der Waals surface area contributed by atoms with Gasteiger partial charge in [0.1, 0.15) is 11.6 Å². The largest absolute Gasteiger partial charge is 0.504 e. The molecule has 0 aromatic heterocycles.